The van der Waals surface area contributed by atoms with Gasteiger partial charge in [0.05, 0.1) is 5.69 Å². The second-order valence-corrected chi connectivity index (χ2v) is 5.88. The number of halogens is 2. The Hall–Kier alpha value is -0.360. The highest BCUT2D eigenvalue weighted by Gasteiger charge is 2.29. The molecule has 4 heteroatoms. The van der Waals surface area contributed by atoms with Crippen molar-refractivity contribution in [3.63, 3.8) is 0 Å². The number of nitrogens with zero attached hydrogens (tertiary/aromatic N) is 1. The molecule has 0 aromatic heterocycles. The van der Waals surface area contributed by atoms with Crippen molar-refractivity contribution in [2.75, 3.05) is 11.4 Å². The second-order valence-electron chi connectivity index (χ2n) is 3.80. The molecule has 0 bridgehead atoms. The average molecular weight is 392 g/mol. The molecule has 2 nitrogen and oxygen atoms in total. The molecule has 1 aliphatic rings. The largest absolute Gasteiger partial charge is 0.311 e. The fourth-order valence-electron chi connectivity index (χ4n) is 1.82. The molecular weight excluding hydrogens is 381 g/mol. The first-order valence-electron chi connectivity index (χ1n) is 5.00. The lowest BCUT2D eigenvalue weighted by atomic mass is 10.1. The Morgan fingerprint density at radius 1 is 1.56 bits per heavy atom. The van der Waals surface area contributed by atoms with E-state index >= 15 is 0 Å². The maximum atomic E-state index is 11.9. The number of hydrogen-bond donors (Lipinski definition) is 0. The lowest BCUT2D eigenvalue weighted by Gasteiger charge is -2.18. The molecule has 0 spiro atoms. The standard InChI is InChI=1S/C12H11BrINO/c1-2-8-5-12(16)15(7-8)11-6-9(13)3-4-10(11)14/h2-4,6,8H,1,5,7H2. The predicted octanol–water partition coefficient (Wildman–Crippen LogP) is 3.59. The minimum absolute atomic E-state index is 0.181. The molecule has 0 N–H and O–H groups in total. The Bertz CT molecular complexity index is 447. The SMILES string of the molecule is C=CC1CC(=O)N(c2cc(Br)ccc2I)C1. The van der Waals surface area contributed by atoms with Crippen LogP contribution in [0.1, 0.15) is 6.42 Å². The molecule has 1 heterocycles. The normalized spacial score (nSPS) is 20.2. The Balaban J connectivity index is 2.34. The van der Waals surface area contributed by atoms with Gasteiger partial charge in [-0.25, -0.2) is 0 Å². The van der Waals surface area contributed by atoms with Gasteiger partial charge in [0.1, 0.15) is 0 Å². The molecule has 1 saturated heterocycles. The van der Waals surface area contributed by atoms with Crippen molar-refractivity contribution in [1.82, 2.24) is 0 Å². The molecule has 16 heavy (non-hydrogen) atoms. The highest BCUT2D eigenvalue weighted by atomic mass is 127. The van der Waals surface area contributed by atoms with Gasteiger partial charge in [-0.15, -0.1) is 6.58 Å². The van der Waals surface area contributed by atoms with Crippen LogP contribution < -0.4 is 4.90 Å². The molecule has 1 atom stereocenters. The van der Waals surface area contributed by atoms with Gasteiger partial charge in [-0.2, -0.15) is 0 Å². The number of carbonyl (C=O) groups excluding carboxylic acids is 1. The summed E-state index contributed by atoms with van der Waals surface area (Å²) in [6.45, 7) is 4.50. The molecule has 1 amide bonds. The van der Waals surface area contributed by atoms with Crippen LogP contribution in [-0.4, -0.2) is 12.5 Å². The summed E-state index contributed by atoms with van der Waals surface area (Å²) in [5, 5.41) is 0. The summed E-state index contributed by atoms with van der Waals surface area (Å²) >= 11 is 5.69. The van der Waals surface area contributed by atoms with E-state index in [1.54, 1.807) is 0 Å². The molecule has 1 aromatic rings. The van der Waals surface area contributed by atoms with Gasteiger partial charge in [-0.3, -0.25) is 4.79 Å². The number of hydrogen-bond acceptors (Lipinski definition) is 1. The van der Waals surface area contributed by atoms with E-state index in [0.29, 0.717) is 6.42 Å². The highest BCUT2D eigenvalue weighted by Crippen LogP contribution is 2.31. The van der Waals surface area contributed by atoms with Gasteiger partial charge in [0.15, 0.2) is 0 Å². The molecule has 1 aromatic carbocycles. The van der Waals surface area contributed by atoms with Crippen molar-refractivity contribution < 1.29 is 4.79 Å². The van der Waals surface area contributed by atoms with Crippen LogP contribution >= 0.6 is 38.5 Å². The zero-order valence-electron chi connectivity index (χ0n) is 8.62. The maximum absolute atomic E-state index is 11.9. The summed E-state index contributed by atoms with van der Waals surface area (Å²) in [7, 11) is 0. The second kappa shape index (κ2) is 4.87. The van der Waals surface area contributed by atoms with Crippen LogP contribution in [0.5, 0.6) is 0 Å². The fourth-order valence-corrected chi connectivity index (χ4v) is 2.79. The van der Waals surface area contributed by atoms with E-state index in [9.17, 15) is 4.79 Å². The van der Waals surface area contributed by atoms with E-state index in [1.165, 1.54) is 0 Å². The summed E-state index contributed by atoms with van der Waals surface area (Å²) in [6.07, 6.45) is 2.44. The summed E-state index contributed by atoms with van der Waals surface area (Å²) in [4.78, 5) is 13.7. The smallest absolute Gasteiger partial charge is 0.227 e. The van der Waals surface area contributed by atoms with Gasteiger partial charge in [0.2, 0.25) is 5.91 Å². The number of carbonyl (C=O) groups is 1. The van der Waals surface area contributed by atoms with Gasteiger partial charge in [-0.1, -0.05) is 22.0 Å². The van der Waals surface area contributed by atoms with Gasteiger partial charge in [0, 0.05) is 26.9 Å². The van der Waals surface area contributed by atoms with Crippen LogP contribution in [0.2, 0.25) is 0 Å². The van der Waals surface area contributed by atoms with Crippen LogP contribution in [0.3, 0.4) is 0 Å². The van der Waals surface area contributed by atoms with E-state index in [2.05, 4.69) is 45.1 Å². The van der Waals surface area contributed by atoms with E-state index < -0.39 is 0 Å². The zero-order chi connectivity index (χ0) is 11.7. The zero-order valence-corrected chi connectivity index (χ0v) is 12.4. The van der Waals surface area contributed by atoms with E-state index in [0.717, 1.165) is 20.3 Å². The van der Waals surface area contributed by atoms with Crippen molar-refractivity contribution in [3.8, 4) is 0 Å². The monoisotopic (exact) mass is 391 g/mol. The maximum Gasteiger partial charge on any atom is 0.227 e. The Morgan fingerprint density at radius 3 is 2.94 bits per heavy atom. The Labute approximate surface area is 117 Å². The third kappa shape index (κ3) is 2.32. The highest BCUT2D eigenvalue weighted by molar-refractivity contribution is 14.1. The van der Waals surface area contributed by atoms with Crippen LogP contribution in [0.4, 0.5) is 5.69 Å². The first-order valence-corrected chi connectivity index (χ1v) is 6.87. The summed E-state index contributed by atoms with van der Waals surface area (Å²) in [6, 6.07) is 5.98. The predicted molar refractivity (Wildman–Crippen MR) is 77.5 cm³/mol. The molecule has 0 saturated carbocycles. The molecule has 1 unspecified atom stereocenters. The van der Waals surface area contributed by atoms with E-state index in [4.69, 9.17) is 0 Å². The first kappa shape index (κ1) is 12.1. The van der Waals surface area contributed by atoms with Crippen LogP contribution in [0, 0.1) is 9.49 Å². The fraction of sp³-hybridized carbons (Fsp3) is 0.250. The minimum atomic E-state index is 0.181. The molecule has 0 radical (unpaired) electrons. The van der Waals surface area contributed by atoms with Crippen molar-refractivity contribution >= 4 is 50.1 Å². The lowest BCUT2D eigenvalue weighted by Crippen LogP contribution is -2.25. The molecule has 1 fully saturated rings. The molecule has 1 aliphatic heterocycles. The van der Waals surface area contributed by atoms with Crippen molar-refractivity contribution in [2.45, 2.75) is 6.42 Å². The summed E-state index contributed by atoms with van der Waals surface area (Å²) < 4.78 is 2.09. The molecule has 84 valence electrons. The first-order chi connectivity index (χ1) is 7.61. The Kier molecular flexibility index (Phi) is 3.69. The third-order valence-electron chi connectivity index (χ3n) is 2.69. The van der Waals surface area contributed by atoms with Crippen LogP contribution in [-0.2, 0) is 4.79 Å². The van der Waals surface area contributed by atoms with Crippen molar-refractivity contribution in [2.24, 2.45) is 5.92 Å². The summed E-state index contributed by atoms with van der Waals surface area (Å²) in [5.41, 5.74) is 0.990. The minimum Gasteiger partial charge on any atom is -0.311 e. The van der Waals surface area contributed by atoms with Gasteiger partial charge in [-0.05, 0) is 40.8 Å². The number of rotatable bonds is 2. The molecule has 2 rings (SSSR count). The van der Waals surface area contributed by atoms with Crippen molar-refractivity contribution in [3.05, 3.63) is 38.9 Å². The van der Waals surface area contributed by atoms with Crippen LogP contribution in [0.15, 0.2) is 35.3 Å². The van der Waals surface area contributed by atoms with Crippen molar-refractivity contribution in [1.29, 1.82) is 0 Å². The number of benzene rings is 1. The summed E-state index contributed by atoms with van der Waals surface area (Å²) in [5.74, 6) is 0.461. The van der Waals surface area contributed by atoms with E-state index in [1.807, 2.05) is 29.2 Å². The van der Waals surface area contributed by atoms with Crippen LogP contribution in [0.25, 0.3) is 0 Å². The number of anilines is 1. The average Bonchev–Trinajstić information content (AvgIpc) is 2.63. The molecular formula is C12H11BrINO. The van der Waals surface area contributed by atoms with E-state index in [-0.39, 0.29) is 11.8 Å². The topological polar surface area (TPSA) is 20.3 Å². The van der Waals surface area contributed by atoms with Gasteiger partial charge >= 0.3 is 0 Å². The Morgan fingerprint density at radius 2 is 2.31 bits per heavy atom. The number of amides is 1. The van der Waals surface area contributed by atoms with Gasteiger partial charge < -0.3 is 4.90 Å². The van der Waals surface area contributed by atoms with Gasteiger partial charge in [0.25, 0.3) is 0 Å². The third-order valence-corrected chi connectivity index (χ3v) is 4.09. The lowest BCUT2D eigenvalue weighted by molar-refractivity contribution is -0.117. The quantitative estimate of drug-likeness (QED) is 0.557. The molecule has 0 aliphatic carbocycles.